The van der Waals surface area contributed by atoms with Crippen LogP contribution in [0.1, 0.15) is 59.3 Å². The molecule has 110 valence electrons. The van der Waals surface area contributed by atoms with Crippen LogP contribution in [0.25, 0.3) is 0 Å². The van der Waals surface area contributed by atoms with Gasteiger partial charge in [-0.2, -0.15) is 0 Å². The Labute approximate surface area is 118 Å². The zero-order valence-corrected chi connectivity index (χ0v) is 13.1. The Morgan fingerprint density at radius 1 is 1.37 bits per heavy atom. The number of carbonyl (C=O) groups excluding carboxylic acids is 1. The Kier molecular flexibility index (Phi) is 7.14. The number of carbonyl (C=O) groups is 1. The zero-order valence-electron chi connectivity index (χ0n) is 13.1. The maximum Gasteiger partial charge on any atom is 0.247 e. The molecule has 1 atom stereocenters. The highest BCUT2D eigenvalue weighted by atomic mass is 16.1. The number of unbranched alkanes of at least 4 members (excludes halogenated alkanes) is 1. The van der Waals surface area contributed by atoms with Gasteiger partial charge in [0.25, 0.3) is 0 Å². The van der Waals surface area contributed by atoms with E-state index >= 15 is 0 Å². The summed E-state index contributed by atoms with van der Waals surface area (Å²) in [5.74, 6) is 0.133. The van der Waals surface area contributed by atoms with Gasteiger partial charge in [0, 0.05) is 18.2 Å². The molecule has 0 radical (unpaired) electrons. The molecule has 1 aliphatic carbocycles. The van der Waals surface area contributed by atoms with E-state index in [9.17, 15) is 4.79 Å². The molecule has 0 aromatic heterocycles. The molecule has 1 rings (SSSR count). The highest BCUT2D eigenvalue weighted by Gasteiger charge is 2.16. The fraction of sp³-hybridized carbons (Fsp3) is 0.812. The van der Waals surface area contributed by atoms with Crippen LogP contribution >= 0.6 is 0 Å². The van der Waals surface area contributed by atoms with Crippen molar-refractivity contribution >= 4 is 5.91 Å². The number of likely N-dealkylation sites (N-methyl/N-ethyl adjacent to an activating group) is 1. The van der Waals surface area contributed by atoms with Crippen molar-refractivity contribution in [1.82, 2.24) is 10.2 Å². The van der Waals surface area contributed by atoms with Crippen LogP contribution in [0.15, 0.2) is 11.1 Å². The van der Waals surface area contributed by atoms with Crippen molar-refractivity contribution < 1.29 is 4.79 Å². The van der Waals surface area contributed by atoms with Gasteiger partial charge in [0.1, 0.15) is 0 Å². The van der Waals surface area contributed by atoms with Gasteiger partial charge in [0.05, 0.1) is 0 Å². The Balaban J connectivity index is 2.37. The smallest absolute Gasteiger partial charge is 0.247 e. The molecule has 0 aromatic carbocycles. The van der Waals surface area contributed by atoms with E-state index in [0.717, 1.165) is 31.5 Å². The first-order chi connectivity index (χ1) is 9.04. The Morgan fingerprint density at radius 2 is 2.00 bits per heavy atom. The fourth-order valence-electron chi connectivity index (χ4n) is 2.70. The number of nitrogens with one attached hydrogen (secondary N) is 1. The summed E-state index contributed by atoms with van der Waals surface area (Å²) in [6, 6.07) is 0.214. The van der Waals surface area contributed by atoms with Crippen LogP contribution < -0.4 is 5.32 Å². The SMILES string of the molecule is CCCCN(C)C[C@H](C)NC(=O)C(C)=C1CCCC1. The molecule has 19 heavy (non-hydrogen) atoms. The summed E-state index contributed by atoms with van der Waals surface area (Å²) in [7, 11) is 2.13. The second-order valence-corrected chi connectivity index (χ2v) is 5.93. The maximum atomic E-state index is 12.1. The lowest BCUT2D eigenvalue weighted by atomic mass is 10.1. The summed E-state index contributed by atoms with van der Waals surface area (Å²) in [6.45, 7) is 8.30. The minimum absolute atomic E-state index is 0.133. The number of nitrogens with zero attached hydrogens (tertiary/aromatic N) is 1. The van der Waals surface area contributed by atoms with E-state index in [0.29, 0.717) is 0 Å². The van der Waals surface area contributed by atoms with Crippen molar-refractivity contribution in [2.75, 3.05) is 20.1 Å². The van der Waals surface area contributed by atoms with Crippen molar-refractivity contribution in [3.05, 3.63) is 11.1 Å². The van der Waals surface area contributed by atoms with E-state index in [4.69, 9.17) is 0 Å². The molecule has 0 bridgehead atoms. The van der Waals surface area contributed by atoms with E-state index in [1.807, 2.05) is 6.92 Å². The fourth-order valence-corrected chi connectivity index (χ4v) is 2.70. The van der Waals surface area contributed by atoms with Crippen molar-refractivity contribution in [1.29, 1.82) is 0 Å². The van der Waals surface area contributed by atoms with Crippen LogP contribution in [-0.2, 0) is 4.79 Å². The topological polar surface area (TPSA) is 32.3 Å². The van der Waals surface area contributed by atoms with E-state index in [-0.39, 0.29) is 11.9 Å². The largest absolute Gasteiger partial charge is 0.349 e. The van der Waals surface area contributed by atoms with Gasteiger partial charge in [-0.1, -0.05) is 18.9 Å². The van der Waals surface area contributed by atoms with Crippen molar-refractivity contribution in [3.63, 3.8) is 0 Å². The van der Waals surface area contributed by atoms with Crippen molar-refractivity contribution in [2.45, 2.75) is 65.3 Å². The first kappa shape index (κ1) is 16.2. The number of allylic oxidation sites excluding steroid dienone is 1. The molecule has 1 aliphatic rings. The van der Waals surface area contributed by atoms with Crippen LogP contribution in [-0.4, -0.2) is 37.0 Å². The lowest BCUT2D eigenvalue weighted by Gasteiger charge is -2.22. The molecule has 1 N–H and O–H groups in total. The minimum atomic E-state index is 0.133. The van der Waals surface area contributed by atoms with Crippen molar-refractivity contribution in [2.24, 2.45) is 0 Å². The van der Waals surface area contributed by atoms with E-state index in [2.05, 4.69) is 31.1 Å². The molecule has 0 saturated heterocycles. The van der Waals surface area contributed by atoms with E-state index in [1.54, 1.807) is 0 Å². The standard InChI is InChI=1S/C16H30N2O/c1-5-6-11-18(4)12-13(2)17-16(19)14(3)15-9-7-8-10-15/h13H,5-12H2,1-4H3,(H,17,19)/t13-/m0/s1. The summed E-state index contributed by atoms with van der Waals surface area (Å²) in [6.07, 6.45) is 7.16. The monoisotopic (exact) mass is 266 g/mol. The third-order valence-corrected chi connectivity index (χ3v) is 3.93. The van der Waals surface area contributed by atoms with Crippen LogP contribution in [0.5, 0.6) is 0 Å². The summed E-state index contributed by atoms with van der Waals surface area (Å²) in [5.41, 5.74) is 2.32. The highest BCUT2D eigenvalue weighted by Crippen LogP contribution is 2.26. The Morgan fingerprint density at radius 3 is 2.58 bits per heavy atom. The molecular weight excluding hydrogens is 236 g/mol. The van der Waals surface area contributed by atoms with Gasteiger partial charge < -0.3 is 10.2 Å². The molecule has 3 heteroatoms. The molecule has 3 nitrogen and oxygen atoms in total. The average Bonchev–Trinajstić information content (AvgIpc) is 2.88. The molecule has 1 fully saturated rings. The molecule has 0 aliphatic heterocycles. The predicted octanol–water partition coefficient (Wildman–Crippen LogP) is 3.11. The quantitative estimate of drug-likeness (QED) is 0.718. The normalized spacial score (nSPS) is 16.8. The maximum absolute atomic E-state index is 12.1. The van der Waals surface area contributed by atoms with Crippen LogP contribution in [0.4, 0.5) is 0 Å². The summed E-state index contributed by atoms with van der Waals surface area (Å²) >= 11 is 0. The highest BCUT2D eigenvalue weighted by molar-refractivity contribution is 5.93. The summed E-state index contributed by atoms with van der Waals surface area (Å²) < 4.78 is 0. The second kappa shape index (κ2) is 8.36. The van der Waals surface area contributed by atoms with Crippen LogP contribution in [0.2, 0.25) is 0 Å². The van der Waals surface area contributed by atoms with Gasteiger partial charge >= 0.3 is 0 Å². The third-order valence-electron chi connectivity index (χ3n) is 3.93. The first-order valence-electron chi connectivity index (χ1n) is 7.72. The van der Waals surface area contributed by atoms with Crippen molar-refractivity contribution in [3.8, 4) is 0 Å². The van der Waals surface area contributed by atoms with Gasteiger partial charge in [-0.05, 0) is 59.5 Å². The van der Waals surface area contributed by atoms with Crippen LogP contribution in [0.3, 0.4) is 0 Å². The van der Waals surface area contributed by atoms with Gasteiger partial charge in [0.15, 0.2) is 0 Å². The van der Waals surface area contributed by atoms with Gasteiger partial charge in [0.2, 0.25) is 5.91 Å². The van der Waals surface area contributed by atoms with Gasteiger partial charge in [-0.25, -0.2) is 0 Å². The molecular formula is C16H30N2O. The summed E-state index contributed by atoms with van der Waals surface area (Å²) in [4.78, 5) is 14.4. The van der Waals surface area contributed by atoms with Gasteiger partial charge in [-0.3, -0.25) is 4.79 Å². The molecule has 1 saturated carbocycles. The zero-order chi connectivity index (χ0) is 14.3. The third kappa shape index (κ3) is 5.77. The van der Waals surface area contributed by atoms with Crippen LogP contribution in [0, 0.1) is 0 Å². The second-order valence-electron chi connectivity index (χ2n) is 5.93. The molecule has 0 aromatic rings. The van der Waals surface area contributed by atoms with Gasteiger partial charge in [-0.15, -0.1) is 0 Å². The van der Waals surface area contributed by atoms with E-state index < -0.39 is 0 Å². The molecule has 0 unspecified atom stereocenters. The molecule has 1 amide bonds. The first-order valence-corrected chi connectivity index (χ1v) is 7.72. The Bertz CT molecular complexity index is 315. The number of hydrogen-bond acceptors (Lipinski definition) is 2. The summed E-state index contributed by atoms with van der Waals surface area (Å²) in [5, 5.41) is 3.13. The lowest BCUT2D eigenvalue weighted by molar-refractivity contribution is -0.118. The lowest BCUT2D eigenvalue weighted by Crippen LogP contribution is -2.41. The molecule has 0 spiro atoms. The number of hydrogen-bond donors (Lipinski definition) is 1. The predicted molar refractivity (Wildman–Crippen MR) is 81.2 cm³/mol. The Hall–Kier alpha value is -0.830. The number of amides is 1. The average molecular weight is 266 g/mol. The number of rotatable bonds is 7. The minimum Gasteiger partial charge on any atom is -0.349 e. The van der Waals surface area contributed by atoms with E-state index in [1.165, 1.54) is 31.3 Å². The molecule has 0 heterocycles.